The van der Waals surface area contributed by atoms with E-state index in [1.54, 1.807) is 0 Å². The molecule has 4 saturated carbocycles. The van der Waals surface area contributed by atoms with Crippen LogP contribution in [0.5, 0.6) is 0 Å². The molecule has 0 bridgehead atoms. The van der Waals surface area contributed by atoms with E-state index in [9.17, 15) is 55.2 Å². The summed E-state index contributed by atoms with van der Waals surface area (Å²) in [5.74, 6) is -2.32. The molecule has 314 valence electrons. The van der Waals surface area contributed by atoms with Crippen LogP contribution in [0.1, 0.15) is 91.9 Å². The molecule has 0 aromatic rings. The first kappa shape index (κ1) is 41.8. The van der Waals surface area contributed by atoms with Crippen LogP contribution in [0.2, 0.25) is 0 Å². The molecule has 15 nitrogen and oxygen atoms in total. The van der Waals surface area contributed by atoms with Gasteiger partial charge >= 0.3 is 11.9 Å². The highest BCUT2D eigenvalue weighted by Crippen LogP contribution is 2.75. The SMILES string of the molecule is C=C1CC[C@]2(C(=O)O[C@@H]3O[C@H](CO)[C@@H](O)[C@H](O)[C@H]3O)CC[C@]3(C)C(=CCC4[C@@]5(C)CC[C@H](O[C@@H]6O[C@H](C(=O)O)[C@@H](O)[C@H](O)[C@H]6O)C(C)(C=O)C5CC[C@]43C)C2C1. The van der Waals surface area contributed by atoms with Crippen molar-refractivity contribution in [2.24, 2.45) is 44.8 Å². The van der Waals surface area contributed by atoms with Crippen LogP contribution in [0.25, 0.3) is 0 Å². The Morgan fingerprint density at radius 3 is 2.20 bits per heavy atom. The first-order valence-corrected chi connectivity index (χ1v) is 20.2. The Hall–Kier alpha value is -2.31. The average molecular weight is 793 g/mol. The maximum atomic E-state index is 14.4. The summed E-state index contributed by atoms with van der Waals surface area (Å²) in [7, 11) is 0. The van der Waals surface area contributed by atoms with E-state index < -0.39 is 96.9 Å². The van der Waals surface area contributed by atoms with E-state index in [0.29, 0.717) is 57.8 Å². The lowest BCUT2D eigenvalue weighted by Crippen LogP contribution is -2.67. The molecule has 8 N–H and O–H groups in total. The second-order valence-electron chi connectivity index (χ2n) is 18.9. The number of aliphatic hydroxyl groups is 7. The Bertz CT molecular complexity index is 1620. The summed E-state index contributed by atoms with van der Waals surface area (Å²) in [6.07, 6.45) is -8.03. The lowest BCUT2D eigenvalue weighted by molar-refractivity contribution is -0.321. The smallest absolute Gasteiger partial charge is 0.335 e. The molecule has 19 atom stereocenters. The second kappa shape index (κ2) is 14.5. The van der Waals surface area contributed by atoms with Crippen molar-refractivity contribution in [3.8, 4) is 0 Å². The predicted molar refractivity (Wildman–Crippen MR) is 194 cm³/mol. The zero-order valence-electron chi connectivity index (χ0n) is 32.7. The van der Waals surface area contributed by atoms with Gasteiger partial charge in [0.15, 0.2) is 12.4 Å². The number of fused-ring (bicyclic) bond motifs is 7. The quantitative estimate of drug-likeness (QED) is 0.0779. The lowest BCUT2D eigenvalue weighted by atomic mass is 9.34. The fourth-order valence-corrected chi connectivity index (χ4v) is 13.0. The maximum Gasteiger partial charge on any atom is 0.335 e. The van der Waals surface area contributed by atoms with Gasteiger partial charge in [-0.2, -0.15) is 0 Å². The number of rotatable bonds is 7. The van der Waals surface area contributed by atoms with Crippen molar-refractivity contribution < 1.29 is 74.2 Å². The van der Waals surface area contributed by atoms with Crippen molar-refractivity contribution in [2.45, 2.75) is 159 Å². The van der Waals surface area contributed by atoms with E-state index in [0.717, 1.165) is 18.3 Å². The predicted octanol–water partition coefficient (Wildman–Crippen LogP) is 1.12. The minimum atomic E-state index is -1.86. The number of hydrogen-bond donors (Lipinski definition) is 8. The van der Waals surface area contributed by atoms with Crippen molar-refractivity contribution in [3.05, 3.63) is 23.8 Å². The number of carbonyl (C=O) groups is 3. The molecule has 5 aliphatic carbocycles. The zero-order chi connectivity index (χ0) is 40.9. The summed E-state index contributed by atoms with van der Waals surface area (Å²) in [5, 5.41) is 82.1. The Morgan fingerprint density at radius 2 is 1.54 bits per heavy atom. The first-order chi connectivity index (χ1) is 26.2. The molecule has 2 heterocycles. The number of carboxylic acid groups (broad SMARTS) is 1. The van der Waals surface area contributed by atoms with Gasteiger partial charge in [0.05, 0.1) is 23.5 Å². The maximum absolute atomic E-state index is 14.4. The van der Waals surface area contributed by atoms with E-state index in [1.807, 2.05) is 6.92 Å². The minimum absolute atomic E-state index is 0.132. The number of aliphatic hydroxyl groups excluding tert-OH is 7. The molecular weight excluding hydrogens is 732 g/mol. The van der Waals surface area contributed by atoms with Gasteiger partial charge in [0.1, 0.15) is 49.0 Å². The summed E-state index contributed by atoms with van der Waals surface area (Å²) in [6, 6.07) is 0. The molecule has 2 aliphatic heterocycles. The fourth-order valence-electron chi connectivity index (χ4n) is 13.0. The fraction of sp³-hybridized carbons (Fsp3) is 0.829. The first-order valence-electron chi connectivity index (χ1n) is 20.2. The van der Waals surface area contributed by atoms with Gasteiger partial charge in [0.2, 0.25) is 6.29 Å². The number of carbonyl (C=O) groups excluding carboxylic acids is 2. The molecule has 2 saturated heterocycles. The molecule has 0 spiro atoms. The van der Waals surface area contributed by atoms with E-state index in [-0.39, 0.29) is 34.0 Å². The standard InChI is InChI=1S/C41H60O15/c1-19-8-13-41(36(52)56-34-30(48)27(45)26(44)22(17-42)53-34)15-14-39(4)20(21(41)16-19)6-7-24-37(2)11-10-25(38(3,18-43)23(37)9-12-40(24,39)5)54-35-31(49)28(46)29(47)32(55-35)33(50)51/h6,18,21-32,34-35,42,44-49H,1,7-17H2,2-5H3,(H,50,51)/t21?,22-,23?,24?,25+,26-,27+,28+,29+,30-,31-,32+,34+,35-,37+,38?,39-,40-,41+/m1/s1. The summed E-state index contributed by atoms with van der Waals surface area (Å²) in [5.41, 5.74) is -0.719. The molecule has 0 radical (unpaired) electrons. The van der Waals surface area contributed by atoms with Crippen LogP contribution in [0.3, 0.4) is 0 Å². The average Bonchev–Trinajstić information content (AvgIpc) is 3.16. The Balaban J connectivity index is 1.16. The number of carboxylic acids is 1. The minimum Gasteiger partial charge on any atom is -0.479 e. The van der Waals surface area contributed by atoms with E-state index >= 15 is 0 Å². The third-order valence-electron chi connectivity index (χ3n) is 16.5. The van der Waals surface area contributed by atoms with E-state index in [4.69, 9.17) is 18.9 Å². The molecular formula is C41H60O15. The third kappa shape index (κ3) is 5.93. The summed E-state index contributed by atoms with van der Waals surface area (Å²) in [6.45, 7) is 12.4. The number of allylic oxidation sites excluding steroid dienone is 3. The molecule has 56 heavy (non-hydrogen) atoms. The van der Waals surface area contributed by atoms with Crippen molar-refractivity contribution >= 4 is 18.2 Å². The molecule has 0 amide bonds. The van der Waals surface area contributed by atoms with Gasteiger partial charge in [-0.1, -0.05) is 51.5 Å². The molecule has 0 aromatic carbocycles. The Labute approximate surface area is 326 Å². The van der Waals surface area contributed by atoms with Crippen LogP contribution in [0, 0.1) is 44.8 Å². The number of aldehydes is 1. The third-order valence-corrected chi connectivity index (χ3v) is 16.5. The summed E-state index contributed by atoms with van der Waals surface area (Å²) < 4.78 is 23.2. The van der Waals surface area contributed by atoms with Crippen LogP contribution >= 0.6 is 0 Å². The second-order valence-corrected chi connectivity index (χ2v) is 18.9. The molecule has 15 heteroatoms. The largest absolute Gasteiger partial charge is 0.479 e. The number of ether oxygens (including phenoxy) is 4. The van der Waals surface area contributed by atoms with Crippen molar-refractivity contribution in [1.82, 2.24) is 0 Å². The van der Waals surface area contributed by atoms with Gasteiger partial charge in [0, 0.05) is 5.92 Å². The normalized spacial score (nSPS) is 53.0. The number of esters is 1. The summed E-state index contributed by atoms with van der Waals surface area (Å²) >= 11 is 0. The van der Waals surface area contributed by atoms with Gasteiger partial charge in [-0.15, -0.1) is 0 Å². The number of hydrogen-bond acceptors (Lipinski definition) is 14. The van der Waals surface area contributed by atoms with Gasteiger partial charge in [-0.25, -0.2) is 4.79 Å². The van der Waals surface area contributed by atoms with Gasteiger partial charge in [-0.05, 0) is 92.3 Å². The molecule has 0 aromatic heterocycles. The van der Waals surface area contributed by atoms with Crippen LogP contribution in [0.15, 0.2) is 23.8 Å². The highest BCUT2D eigenvalue weighted by Gasteiger charge is 2.70. The van der Waals surface area contributed by atoms with Gasteiger partial charge < -0.3 is 64.6 Å². The van der Waals surface area contributed by atoms with Crippen LogP contribution in [-0.2, 0) is 33.3 Å². The van der Waals surface area contributed by atoms with Gasteiger partial charge in [-0.3, -0.25) is 4.79 Å². The Morgan fingerprint density at radius 1 is 0.857 bits per heavy atom. The molecule has 4 unspecified atom stereocenters. The molecule has 7 aliphatic rings. The highest BCUT2D eigenvalue weighted by molar-refractivity contribution is 5.79. The summed E-state index contributed by atoms with van der Waals surface area (Å²) in [4.78, 5) is 39.5. The van der Waals surface area contributed by atoms with Crippen molar-refractivity contribution in [1.29, 1.82) is 0 Å². The monoisotopic (exact) mass is 792 g/mol. The lowest BCUT2D eigenvalue weighted by Gasteiger charge is -2.70. The van der Waals surface area contributed by atoms with E-state index in [2.05, 4.69) is 33.4 Å². The van der Waals surface area contributed by atoms with Crippen LogP contribution in [-0.4, -0.2) is 133 Å². The number of aliphatic carboxylic acids is 1. The van der Waals surface area contributed by atoms with Crippen LogP contribution < -0.4 is 0 Å². The molecule has 7 rings (SSSR count). The molecule has 6 fully saturated rings. The van der Waals surface area contributed by atoms with Gasteiger partial charge in [0.25, 0.3) is 0 Å². The van der Waals surface area contributed by atoms with Crippen molar-refractivity contribution in [3.63, 3.8) is 0 Å². The van der Waals surface area contributed by atoms with Crippen molar-refractivity contribution in [2.75, 3.05) is 6.61 Å². The Kier molecular flexibility index (Phi) is 10.8. The van der Waals surface area contributed by atoms with Crippen LogP contribution in [0.4, 0.5) is 0 Å². The highest BCUT2D eigenvalue weighted by atomic mass is 16.7. The van der Waals surface area contributed by atoms with E-state index in [1.165, 1.54) is 5.57 Å². The topological polar surface area (TPSA) is 250 Å². The zero-order valence-corrected chi connectivity index (χ0v) is 32.7.